The van der Waals surface area contributed by atoms with Crippen molar-refractivity contribution < 1.29 is 4.79 Å². The first-order chi connectivity index (χ1) is 10.2. The lowest BCUT2D eigenvalue weighted by Gasteiger charge is -2.30. The van der Waals surface area contributed by atoms with Gasteiger partial charge in [0.15, 0.2) is 0 Å². The number of rotatable bonds is 1. The fraction of sp³-hybridized carbons (Fsp3) is 0.529. The topological polar surface area (TPSA) is 44.1 Å². The van der Waals surface area contributed by atoms with Crippen LogP contribution in [0.15, 0.2) is 18.2 Å². The van der Waals surface area contributed by atoms with Crippen LogP contribution >= 0.6 is 11.6 Å². The van der Waals surface area contributed by atoms with Crippen molar-refractivity contribution in [2.75, 3.05) is 11.4 Å². The molecule has 1 aromatic carbocycles. The number of aryl methyl sites for hydroxylation is 1. The van der Waals surface area contributed by atoms with Gasteiger partial charge in [0.25, 0.3) is 0 Å². The molecule has 0 N–H and O–H groups in total. The lowest BCUT2D eigenvalue weighted by atomic mass is 9.86. The Morgan fingerprint density at radius 1 is 1.24 bits per heavy atom. The van der Waals surface area contributed by atoms with Crippen LogP contribution in [-0.4, -0.2) is 12.5 Å². The van der Waals surface area contributed by atoms with Gasteiger partial charge in [0.1, 0.15) is 5.41 Å². The molecule has 1 aliphatic heterocycles. The fourth-order valence-electron chi connectivity index (χ4n) is 3.54. The smallest absolute Gasteiger partial charge is 0.247 e. The second-order valence-electron chi connectivity index (χ2n) is 6.09. The molecule has 0 bridgehead atoms. The molecule has 0 saturated heterocycles. The Labute approximate surface area is 130 Å². The Bertz CT molecular complexity index is 599. The molecule has 0 atom stereocenters. The van der Waals surface area contributed by atoms with E-state index in [1.165, 1.54) is 0 Å². The van der Waals surface area contributed by atoms with Gasteiger partial charge in [-0.3, -0.25) is 4.79 Å². The number of hydrogen-bond donors (Lipinski definition) is 0. The number of nitriles is 1. The molecule has 1 aliphatic carbocycles. The van der Waals surface area contributed by atoms with Gasteiger partial charge in [-0.05, 0) is 55.9 Å². The van der Waals surface area contributed by atoms with E-state index in [2.05, 4.69) is 6.07 Å². The number of benzene rings is 1. The van der Waals surface area contributed by atoms with Crippen LogP contribution in [0.4, 0.5) is 5.69 Å². The minimum atomic E-state index is -0.804. The maximum absolute atomic E-state index is 13.0. The van der Waals surface area contributed by atoms with Crippen LogP contribution in [0.3, 0.4) is 0 Å². The summed E-state index contributed by atoms with van der Waals surface area (Å²) in [6.07, 6.45) is 6.31. The van der Waals surface area contributed by atoms with Gasteiger partial charge in [-0.2, -0.15) is 5.26 Å². The molecule has 4 heteroatoms. The molecule has 110 valence electrons. The SMILES string of the molecule is N#CC1(C(=O)N2CCCCc3cc(Cl)ccc32)CCCC1. The summed E-state index contributed by atoms with van der Waals surface area (Å²) < 4.78 is 0. The molecule has 1 saturated carbocycles. The van der Waals surface area contributed by atoms with E-state index in [1.807, 2.05) is 23.1 Å². The summed E-state index contributed by atoms with van der Waals surface area (Å²) in [5.41, 5.74) is 1.27. The molecule has 0 spiro atoms. The number of carbonyl (C=O) groups excluding carboxylic acids is 1. The van der Waals surface area contributed by atoms with Gasteiger partial charge in [-0.1, -0.05) is 24.4 Å². The summed E-state index contributed by atoms with van der Waals surface area (Å²) in [7, 11) is 0. The van der Waals surface area contributed by atoms with Gasteiger partial charge in [-0.25, -0.2) is 0 Å². The maximum Gasteiger partial charge on any atom is 0.247 e. The summed E-state index contributed by atoms with van der Waals surface area (Å²) in [6, 6.07) is 8.04. The lowest BCUT2D eigenvalue weighted by molar-refractivity contribution is -0.125. The van der Waals surface area contributed by atoms with Crippen molar-refractivity contribution >= 4 is 23.2 Å². The molecule has 21 heavy (non-hydrogen) atoms. The summed E-state index contributed by atoms with van der Waals surface area (Å²) in [4.78, 5) is 14.9. The van der Waals surface area contributed by atoms with Crippen molar-refractivity contribution in [3.8, 4) is 6.07 Å². The summed E-state index contributed by atoms with van der Waals surface area (Å²) in [5.74, 6) is -0.00651. The molecule has 1 amide bonds. The van der Waals surface area contributed by atoms with Gasteiger partial charge >= 0.3 is 0 Å². The van der Waals surface area contributed by atoms with Gasteiger partial charge in [0.05, 0.1) is 6.07 Å². The third-order valence-corrected chi connectivity index (χ3v) is 4.97. The zero-order valence-electron chi connectivity index (χ0n) is 12.1. The number of nitrogens with zero attached hydrogens (tertiary/aromatic N) is 2. The van der Waals surface area contributed by atoms with Crippen LogP contribution in [0.2, 0.25) is 5.02 Å². The molecule has 0 aromatic heterocycles. The van der Waals surface area contributed by atoms with Crippen LogP contribution in [0, 0.1) is 16.7 Å². The molecular weight excluding hydrogens is 284 g/mol. The highest BCUT2D eigenvalue weighted by molar-refractivity contribution is 6.30. The van der Waals surface area contributed by atoms with E-state index in [0.717, 1.165) is 43.4 Å². The van der Waals surface area contributed by atoms with Crippen LogP contribution in [0.1, 0.15) is 44.1 Å². The van der Waals surface area contributed by atoms with E-state index < -0.39 is 5.41 Å². The first-order valence-corrected chi connectivity index (χ1v) is 8.06. The van der Waals surface area contributed by atoms with Gasteiger partial charge < -0.3 is 4.90 Å². The quantitative estimate of drug-likeness (QED) is 0.784. The van der Waals surface area contributed by atoms with E-state index in [4.69, 9.17) is 11.6 Å². The van der Waals surface area contributed by atoms with Crippen molar-refractivity contribution in [2.24, 2.45) is 5.41 Å². The number of halogens is 1. The Morgan fingerprint density at radius 2 is 2.00 bits per heavy atom. The average Bonchev–Trinajstić information content (AvgIpc) is 2.89. The first-order valence-electron chi connectivity index (χ1n) is 7.68. The molecule has 1 heterocycles. The Hall–Kier alpha value is -1.53. The van der Waals surface area contributed by atoms with E-state index in [1.54, 1.807) is 0 Å². The zero-order valence-corrected chi connectivity index (χ0v) is 12.8. The molecule has 1 fully saturated rings. The van der Waals surface area contributed by atoms with E-state index in [9.17, 15) is 10.1 Å². The van der Waals surface area contributed by atoms with Crippen molar-refractivity contribution in [2.45, 2.75) is 44.9 Å². The molecular formula is C17H19ClN2O. The number of anilines is 1. The number of carbonyl (C=O) groups is 1. The van der Waals surface area contributed by atoms with E-state index in [0.29, 0.717) is 24.4 Å². The average molecular weight is 303 g/mol. The molecule has 0 unspecified atom stereocenters. The summed E-state index contributed by atoms with van der Waals surface area (Å²) in [5, 5.41) is 10.3. The second-order valence-corrected chi connectivity index (χ2v) is 6.52. The Balaban J connectivity index is 1.99. The molecule has 3 nitrogen and oxygen atoms in total. The summed E-state index contributed by atoms with van der Waals surface area (Å²) in [6.45, 7) is 0.705. The highest BCUT2D eigenvalue weighted by Gasteiger charge is 2.44. The van der Waals surface area contributed by atoms with Gasteiger partial charge in [-0.15, -0.1) is 0 Å². The van der Waals surface area contributed by atoms with Crippen LogP contribution < -0.4 is 4.90 Å². The standard InChI is InChI=1S/C17H19ClN2O/c18-14-6-7-15-13(11-14)5-1-4-10-20(15)16(21)17(12-19)8-2-3-9-17/h6-7,11H,1-5,8-10H2. The van der Waals surface area contributed by atoms with Crippen molar-refractivity contribution in [3.63, 3.8) is 0 Å². The lowest BCUT2D eigenvalue weighted by Crippen LogP contribution is -2.42. The summed E-state index contributed by atoms with van der Waals surface area (Å²) >= 11 is 6.08. The van der Waals surface area contributed by atoms with Crippen LogP contribution in [0.5, 0.6) is 0 Å². The van der Waals surface area contributed by atoms with E-state index in [-0.39, 0.29) is 5.91 Å². The molecule has 2 aliphatic rings. The Morgan fingerprint density at radius 3 is 2.71 bits per heavy atom. The highest BCUT2D eigenvalue weighted by atomic mass is 35.5. The largest absolute Gasteiger partial charge is 0.311 e. The molecule has 3 rings (SSSR count). The highest BCUT2D eigenvalue weighted by Crippen LogP contribution is 2.41. The maximum atomic E-state index is 13.0. The zero-order chi connectivity index (χ0) is 14.9. The fourth-order valence-corrected chi connectivity index (χ4v) is 3.74. The molecule has 0 radical (unpaired) electrons. The predicted molar refractivity (Wildman–Crippen MR) is 83.3 cm³/mol. The van der Waals surface area contributed by atoms with Crippen molar-refractivity contribution in [1.82, 2.24) is 0 Å². The number of hydrogen-bond acceptors (Lipinski definition) is 2. The minimum Gasteiger partial charge on any atom is -0.311 e. The predicted octanol–water partition coefficient (Wildman–Crippen LogP) is 4.09. The normalized spacial score (nSPS) is 20.5. The third-order valence-electron chi connectivity index (χ3n) is 4.74. The second kappa shape index (κ2) is 5.69. The minimum absolute atomic E-state index is 0.00651. The third kappa shape index (κ3) is 2.53. The Kier molecular flexibility index (Phi) is 3.91. The van der Waals surface area contributed by atoms with Crippen LogP contribution in [-0.2, 0) is 11.2 Å². The number of amides is 1. The molecule has 1 aromatic rings. The van der Waals surface area contributed by atoms with Crippen molar-refractivity contribution in [3.05, 3.63) is 28.8 Å². The van der Waals surface area contributed by atoms with Crippen molar-refractivity contribution in [1.29, 1.82) is 5.26 Å². The van der Waals surface area contributed by atoms with E-state index >= 15 is 0 Å². The number of fused-ring (bicyclic) bond motifs is 1. The first kappa shape index (κ1) is 14.4. The van der Waals surface area contributed by atoms with Gasteiger partial charge in [0, 0.05) is 17.3 Å². The van der Waals surface area contributed by atoms with Gasteiger partial charge in [0.2, 0.25) is 5.91 Å². The van der Waals surface area contributed by atoms with Crippen LogP contribution in [0.25, 0.3) is 0 Å². The monoisotopic (exact) mass is 302 g/mol.